The quantitative estimate of drug-likeness (QED) is 0.0356. The number of aliphatic hydroxyl groups excluding tert-OH is 1. The second-order valence-electron chi connectivity index (χ2n) is 26.0. The largest absolute Gasteiger partial charge is 0.462 e. The van der Waals surface area contributed by atoms with Crippen molar-refractivity contribution in [3.05, 3.63) is 97.2 Å². The van der Waals surface area contributed by atoms with Crippen LogP contribution < -0.4 is 5.32 Å². The smallest absolute Gasteiger partial charge is 0.323 e. The van der Waals surface area contributed by atoms with Crippen molar-refractivity contribution in [1.82, 2.24) is 5.32 Å². The molecule has 0 aromatic carbocycles. The van der Waals surface area contributed by atoms with Crippen molar-refractivity contribution in [2.75, 3.05) is 26.4 Å². The monoisotopic (exact) mass is 1260 g/mol. The van der Waals surface area contributed by atoms with Gasteiger partial charge in [0.15, 0.2) is 0 Å². The molecule has 0 heterocycles. The molecule has 0 radical (unpaired) electrons. The lowest BCUT2D eigenvalue weighted by Crippen LogP contribution is -2.42. The molecule has 0 spiro atoms. The Bertz CT molecular complexity index is 1610. The maximum atomic E-state index is 14.3. The highest BCUT2D eigenvalue weighted by atomic mass is 16.5. The van der Waals surface area contributed by atoms with E-state index in [-0.39, 0.29) is 43.8 Å². The Balaban J connectivity index is 5.57. The van der Waals surface area contributed by atoms with Crippen LogP contribution >= 0.6 is 0 Å². The van der Waals surface area contributed by atoms with Gasteiger partial charge in [0.25, 0.3) is 0 Å². The van der Waals surface area contributed by atoms with Gasteiger partial charge in [0.2, 0.25) is 0 Å². The molecule has 0 amide bonds. The van der Waals surface area contributed by atoms with Crippen molar-refractivity contribution in [2.24, 2.45) is 0 Å². The summed E-state index contributed by atoms with van der Waals surface area (Å²) < 4.78 is 18.4. The Morgan fingerprint density at radius 1 is 0.322 bits per heavy atom. The molecule has 7 heteroatoms. The number of carbonyl (C=O) groups is 2. The minimum absolute atomic E-state index is 0.0469. The van der Waals surface area contributed by atoms with Crippen LogP contribution in [0.15, 0.2) is 97.2 Å². The molecule has 0 aromatic heterocycles. The van der Waals surface area contributed by atoms with Crippen LogP contribution in [0.1, 0.15) is 374 Å². The summed E-state index contributed by atoms with van der Waals surface area (Å²) >= 11 is 0. The summed E-state index contributed by atoms with van der Waals surface area (Å²) in [5.41, 5.74) is 0. The van der Waals surface area contributed by atoms with Crippen LogP contribution in [0.4, 0.5) is 0 Å². The molecule has 0 saturated carbocycles. The first kappa shape index (κ1) is 86.7. The number of unbranched alkanes of at least 4 members (excludes halogenated alkanes) is 36. The molecule has 0 rings (SSSR count). The second kappa shape index (κ2) is 76.5. The molecule has 0 aliphatic rings. The lowest BCUT2D eigenvalue weighted by atomic mass is 10.0. The normalized spacial score (nSPS) is 12.8. The number of hydrogen-bond acceptors (Lipinski definition) is 7. The number of carbonyl (C=O) groups excluding carboxylic acids is 2. The van der Waals surface area contributed by atoms with Crippen molar-refractivity contribution in [1.29, 1.82) is 0 Å². The third-order valence-corrected chi connectivity index (χ3v) is 17.3. The van der Waals surface area contributed by atoms with E-state index in [1.807, 2.05) is 0 Å². The minimum atomic E-state index is -0.636. The molecule has 0 bridgehead atoms. The van der Waals surface area contributed by atoms with E-state index < -0.39 is 6.04 Å². The van der Waals surface area contributed by atoms with E-state index in [0.29, 0.717) is 19.6 Å². The predicted octanol–water partition coefficient (Wildman–Crippen LogP) is 25.4. The Kier molecular flexibility index (Phi) is 73.7. The van der Waals surface area contributed by atoms with Crippen molar-refractivity contribution >= 4 is 11.9 Å². The molecule has 0 aliphatic heterocycles. The Morgan fingerprint density at radius 3 is 0.878 bits per heavy atom. The van der Waals surface area contributed by atoms with Gasteiger partial charge in [-0.05, 0) is 186 Å². The zero-order valence-corrected chi connectivity index (χ0v) is 60.0. The number of aliphatic hydroxyl groups is 1. The lowest BCUT2D eigenvalue weighted by Gasteiger charge is -2.23. The highest BCUT2D eigenvalue weighted by Crippen LogP contribution is 2.22. The van der Waals surface area contributed by atoms with E-state index >= 15 is 0 Å². The third kappa shape index (κ3) is 69.1. The Hall–Kier alpha value is -3.26. The molecule has 522 valence electrons. The molecule has 0 fully saturated rings. The van der Waals surface area contributed by atoms with E-state index in [4.69, 9.17) is 14.2 Å². The molecule has 0 aromatic rings. The first-order valence-electron chi connectivity index (χ1n) is 39.0. The van der Waals surface area contributed by atoms with E-state index in [1.165, 1.54) is 218 Å². The molecule has 2 N–H and O–H groups in total. The average Bonchev–Trinajstić information content (AvgIpc) is 3.71. The number of allylic oxidation sites excluding steroid dienone is 16. The fourth-order valence-electron chi connectivity index (χ4n) is 11.5. The summed E-state index contributed by atoms with van der Waals surface area (Å²) in [6.45, 7) is 10.0. The van der Waals surface area contributed by atoms with Gasteiger partial charge >= 0.3 is 11.9 Å². The molecule has 1 atom stereocenters. The molecular formula is C83H149NO6. The van der Waals surface area contributed by atoms with Crippen LogP contribution in [0.5, 0.6) is 0 Å². The highest BCUT2D eigenvalue weighted by Gasteiger charge is 2.25. The highest BCUT2D eigenvalue weighted by molar-refractivity contribution is 5.77. The van der Waals surface area contributed by atoms with Crippen LogP contribution in [-0.2, 0) is 23.8 Å². The number of ether oxygens (including phenoxy) is 3. The molecule has 90 heavy (non-hydrogen) atoms. The van der Waals surface area contributed by atoms with E-state index in [0.717, 1.165) is 116 Å². The topological polar surface area (TPSA) is 94.1 Å². The van der Waals surface area contributed by atoms with Crippen molar-refractivity contribution in [3.63, 3.8) is 0 Å². The van der Waals surface area contributed by atoms with Gasteiger partial charge in [-0.2, -0.15) is 0 Å². The summed E-state index contributed by atoms with van der Waals surface area (Å²) in [5, 5.41) is 12.7. The van der Waals surface area contributed by atoms with Gasteiger partial charge in [-0.15, -0.1) is 0 Å². The molecule has 0 saturated heterocycles. The summed E-state index contributed by atoms with van der Waals surface area (Å²) in [6, 6.07) is -0.636. The van der Waals surface area contributed by atoms with Gasteiger partial charge in [0, 0.05) is 13.0 Å². The zero-order valence-electron chi connectivity index (χ0n) is 60.0. The summed E-state index contributed by atoms with van der Waals surface area (Å²) in [4.78, 5) is 28.1. The maximum absolute atomic E-state index is 14.3. The fraction of sp³-hybridized carbons (Fsp3) is 0.783. The Labute approximate surface area is 559 Å². The molecular weight excluding hydrogens is 1110 g/mol. The summed E-state index contributed by atoms with van der Waals surface area (Å²) in [7, 11) is 0. The van der Waals surface area contributed by atoms with Gasteiger partial charge in [-0.1, -0.05) is 279 Å². The maximum Gasteiger partial charge on any atom is 0.323 e. The number of nitrogens with one attached hydrogen (secondary N) is 1. The number of hydrogen-bond donors (Lipinski definition) is 2. The van der Waals surface area contributed by atoms with Gasteiger partial charge in [-0.25, -0.2) is 0 Å². The average molecular weight is 1260 g/mol. The van der Waals surface area contributed by atoms with Crippen LogP contribution in [0.25, 0.3) is 0 Å². The SMILES string of the molecule is CCCCC/C=C/C/C=C/CCCCCCCCC(CCCCCCCC/C=C/C/C=C/CCCCC)OC(=O)CCC(NCCOCCO)C(=O)OC(CCCCCCCC/C=C/C/C=C/CCCCC)CCCCCCCC/C=C/C/C=C/CCCCC. The van der Waals surface area contributed by atoms with E-state index in [9.17, 15) is 14.7 Å². The van der Waals surface area contributed by atoms with E-state index in [2.05, 4.69) is 130 Å². The Morgan fingerprint density at radius 2 is 0.589 bits per heavy atom. The van der Waals surface area contributed by atoms with E-state index in [1.54, 1.807) is 0 Å². The number of rotatable bonds is 72. The lowest BCUT2D eigenvalue weighted by molar-refractivity contribution is -0.154. The summed E-state index contributed by atoms with van der Waals surface area (Å²) in [6.07, 6.45) is 99.2. The minimum Gasteiger partial charge on any atom is -0.462 e. The standard InChI is InChI=1S/C83H149NO6/c1-5-9-13-17-21-25-29-33-37-41-45-49-53-57-61-65-69-79(70-66-62-58-54-50-46-42-38-34-30-26-22-18-14-10-6-2)89-82(86)74-73-81(84-75-77-88-78-76-85)83(87)90-80(71-67-63-59-55-51-47-43-39-35-31-27-23-19-15-11-7-3)72-68-64-60-56-52-48-44-40-36-32-28-24-20-16-12-8-4/h21-28,33-40,79-81,84-85H,5-20,29-32,41-78H2,1-4H3/b25-21+,26-22+,27-23+,28-24+,37-33+,38-34+,39-35+,40-36+. The van der Waals surface area contributed by atoms with Gasteiger partial charge in [0.05, 0.1) is 19.8 Å². The van der Waals surface area contributed by atoms with Crippen LogP contribution in [0, 0.1) is 0 Å². The van der Waals surface area contributed by atoms with Crippen LogP contribution in [-0.4, -0.2) is 61.7 Å². The van der Waals surface area contributed by atoms with Crippen LogP contribution in [0.3, 0.4) is 0 Å². The van der Waals surface area contributed by atoms with Gasteiger partial charge in [0.1, 0.15) is 18.2 Å². The van der Waals surface area contributed by atoms with Crippen LogP contribution in [0.2, 0.25) is 0 Å². The third-order valence-electron chi connectivity index (χ3n) is 17.3. The van der Waals surface area contributed by atoms with Crippen molar-refractivity contribution < 1.29 is 28.9 Å². The zero-order chi connectivity index (χ0) is 65.0. The first-order chi connectivity index (χ1) is 44.5. The first-order valence-corrected chi connectivity index (χ1v) is 39.0. The predicted molar refractivity (Wildman–Crippen MR) is 395 cm³/mol. The van der Waals surface area contributed by atoms with Crippen molar-refractivity contribution in [3.8, 4) is 0 Å². The van der Waals surface area contributed by atoms with Gasteiger partial charge < -0.3 is 24.6 Å². The molecule has 7 nitrogen and oxygen atoms in total. The van der Waals surface area contributed by atoms with Gasteiger partial charge in [-0.3, -0.25) is 9.59 Å². The van der Waals surface area contributed by atoms with Crippen molar-refractivity contribution in [2.45, 2.75) is 393 Å². The second-order valence-corrected chi connectivity index (χ2v) is 26.0. The molecule has 0 aliphatic carbocycles. The number of esters is 2. The summed E-state index contributed by atoms with van der Waals surface area (Å²) in [5.74, 6) is -0.482. The molecule has 1 unspecified atom stereocenters. The fourth-order valence-corrected chi connectivity index (χ4v) is 11.5.